The molecule has 2 N–H and O–H groups in total. The molecule has 104 valence electrons. The van der Waals surface area contributed by atoms with Gasteiger partial charge < -0.3 is 10.4 Å². The maximum Gasteiger partial charge on any atom is 0.0699 e. The fraction of sp³-hybridized carbons (Fsp3) is 0.625. The number of nitrogens with one attached hydrogen (secondary N) is 1. The van der Waals surface area contributed by atoms with Gasteiger partial charge in [0, 0.05) is 11.1 Å². The molecule has 0 aliphatic heterocycles. The zero-order valence-corrected chi connectivity index (χ0v) is 12.0. The Bertz CT molecular complexity index is 423. The number of rotatable bonds is 5. The summed E-state index contributed by atoms with van der Waals surface area (Å²) in [7, 11) is 0. The van der Waals surface area contributed by atoms with Gasteiger partial charge in [0.25, 0.3) is 0 Å². The first-order chi connectivity index (χ1) is 9.24. The third kappa shape index (κ3) is 2.67. The second kappa shape index (κ2) is 5.43. The van der Waals surface area contributed by atoms with Crippen molar-refractivity contribution in [2.45, 2.75) is 50.1 Å². The van der Waals surface area contributed by atoms with Crippen molar-refractivity contribution >= 4 is 11.6 Å². The first-order valence-corrected chi connectivity index (χ1v) is 7.77. The third-order valence-electron chi connectivity index (χ3n) is 4.70. The first kappa shape index (κ1) is 13.4. The van der Waals surface area contributed by atoms with E-state index in [1.165, 1.54) is 44.1 Å². The number of hydrogen-bond donors (Lipinski definition) is 2. The van der Waals surface area contributed by atoms with Crippen LogP contribution in [0.1, 0.15) is 44.1 Å². The Morgan fingerprint density at radius 3 is 2.26 bits per heavy atom. The Kier molecular flexibility index (Phi) is 3.84. The summed E-state index contributed by atoms with van der Waals surface area (Å²) in [6.07, 6.45) is 7.52. The SMILES string of the molecule is OCC(NC1CCCC1)(c1ccc(Cl)cc1)C1CC1. The topological polar surface area (TPSA) is 32.3 Å². The van der Waals surface area contributed by atoms with Crippen molar-refractivity contribution in [2.75, 3.05) is 6.61 Å². The van der Waals surface area contributed by atoms with E-state index in [1.54, 1.807) is 0 Å². The zero-order chi connectivity index (χ0) is 13.3. The Hall–Kier alpha value is -0.570. The van der Waals surface area contributed by atoms with Crippen molar-refractivity contribution < 1.29 is 5.11 Å². The molecule has 3 rings (SSSR count). The highest BCUT2D eigenvalue weighted by atomic mass is 35.5. The van der Waals surface area contributed by atoms with Crippen LogP contribution in [0.5, 0.6) is 0 Å². The van der Waals surface area contributed by atoms with Gasteiger partial charge >= 0.3 is 0 Å². The first-order valence-electron chi connectivity index (χ1n) is 7.39. The van der Waals surface area contributed by atoms with Crippen LogP contribution in [0, 0.1) is 5.92 Å². The maximum absolute atomic E-state index is 10.1. The molecule has 1 atom stereocenters. The van der Waals surface area contributed by atoms with E-state index in [0.717, 1.165) is 5.02 Å². The number of aliphatic hydroxyl groups excluding tert-OH is 1. The van der Waals surface area contributed by atoms with Crippen LogP contribution in [0.25, 0.3) is 0 Å². The fourth-order valence-electron chi connectivity index (χ4n) is 3.46. The lowest BCUT2D eigenvalue weighted by molar-refractivity contribution is 0.125. The van der Waals surface area contributed by atoms with Crippen molar-refractivity contribution in [1.82, 2.24) is 5.32 Å². The van der Waals surface area contributed by atoms with E-state index in [-0.39, 0.29) is 12.1 Å². The second-order valence-electron chi connectivity index (χ2n) is 6.04. The van der Waals surface area contributed by atoms with Crippen LogP contribution in [0.4, 0.5) is 0 Å². The third-order valence-corrected chi connectivity index (χ3v) is 4.95. The van der Waals surface area contributed by atoms with E-state index >= 15 is 0 Å². The van der Waals surface area contributed by atoms with Crippen LogP contribution in [0.3, 0.4) is 0 Å². The molecule has 1 unspecified atom stereocenters. The van der Waals surface area contributed by atoms with Crippen molar-refractivity contribution in [3.05, 3.63) is 34.9 Å². The van der Waals surface area contributed by atoms with Crippen molar-refractivity contribution in [2.24, 2.45) is 5.92 Å². The van der Waals surface area contributed by atoms with Gasteiger partial charge in [0.15, 0.2) is 0 Å². The van der Waals surface area contributed by atoms with Crippen molar-refractivity contribution in [3.8, 4) is 0 Å². The molecule has 1 aromatic rings. The summed E-state index contributed by atoms with van der Waals surface area (Å²) in [6.45, 7) is 0.176. The van der Waals surface area contributed by atoms with Crippen molar-refractivity contribution in [3.63, 3.8) is 0 Å². The lowest BCUT2D eigenvalue weighted by Gasteiger charge is -2.37. The van der Waals surface area contributed by atoms with Gasteiger partial charge in [-0.15, -0.1) is 0 Å². The molecule has 2 saturated carbocycles. The van der Waals surface area contributed by atoms with Crippen LogP contribution in [-0.2, 0) is 5.54 Å². The molecule has 0 amide bonds. The summed E-state index contributed by atoms with van der Waals surface area (Å²) < 4.78 is 0. The van der Waals surface area contributed by atoms with E-state index in [1.807, 2.05) is 12.1 Å². The summed E-state index contributed by atoms with van der Waals surface area (Å²) in [5.74, 6) is 0.569. The lowest BCUT2D eigenvalue weighted by atomic mass is 9.84. The van der Waals surface area contributed by atoms with Crippen LogP contribution < -0.4 is 5.32 Å². The molecule has 2 aliphatic rings. The molecular weight excluding hydrogens is 258 g/mol. The van der Waals surface area contributed by atoms with Gasteiger partial charge in [0.05, 0.1) is 12.1 Å². The molecule has 1 aromatic carbocycles. The molecule has 0 bridgehead atoms. The monoisotopic (exact) mass is 279 g/mol. The minimum absolute atomic E-state index is 0.176. The summed E-state index contributed by atoms with van der Waals surface area (Å²) in [5, 5.41) is 14.6. The van der Waals surface area contributed by atoms with Crippen molar-refractivity contribution in [1.29, 1.82) is 0 Å². The largest absolute Gasteiger partial charge is 0.394 e. The molecule has 0 radical (unpaired) electrons. The van der Waals surface area contributed by atoms with E-state index in [4.69, 9.17) is 11.6 Å². The molecule has 0 spiro atoms. The van der Waals surface area contributed by atoms with Gasteiger partial charge in [-0.3, -0.25) is 0 Å². The Morgan fingerprint density at radius 1 is 1.11 bits per heavy atom. The van der Waals surface area contributed by atoms with E-state index in [2.05, 4.69) is 17.4 Å². The fourth-order valence-corrected chi connectivity index (χ4v) is 3.59. The average Bonchev–Trinajstić information content (AvgIpc) is 3.16. The van der Waals surface area contributed by atoms with Crippen LogP contribution in [0.15, 0.2) is 24.3 Å². The normalized spacial score (nSPS) is 23.5. The lowest BCUT2D eigenvalue weighted by Crippen LogP contribution is -2.51. The quantitative estimate of drug-likeness (QED) is 0.865. The molecule has 0 aromatic heterocycles. The van der Waals surface area contributed by atoms with E-state index < -0.39 is 0 Å². The smallest absolute Gasteiger partial charge is 0.0699 e. The van der Waals surface area contributed by atoms with E-state index in [0.29, 0.717) is 12.0 Å². The van der Waals surface area contributed by atoms with Gasteiger partial charge in [-0.25, -0.2) is 0 Å². The van der Waals surface area contributed by atoms with Gasteiger partial charge in [-0.2, -0.15) is 0 Å². The van der Waals surface area contributed by atoms with Gasteiger partial charge in [0.1, 0.15) is 0 Å². The van der Waals surface area contributed by atoms with Crippen LogP contribution >= 0.6 is 11.6 Å². The Labute approximate surface area is 120 Å². The second-order valence-corrected chi connectivity index (χ2v) is 6.47. The standard InChI is InChI=1S/C16H22ClNO/c17-14-9-7-13(8-10-14)16(11-19,12-5-6-12)18-15-3-1-2-4-15/h7-10,12,15,18-19H,1-6,11H2. The number of hydrogen-bond acceptors (Lipinski definition) is 2. The molecule has 3 heteroatoms. The molecular formula is C16H22ClNO. The molecule has 19 heavy (non-hydrogen) atoms. The summed E-state index contributed by atoms with van der Waals surface area (Å²) in [5.41, 5.74) is 0.938. The predicted molar refractivity (Wildman–Crippen MR) is 78.3 cm³/mol. The van der Waals surface area contributed by atoms with Crippen LogP contribution in [0.2, 0.25) is 5.02 Å². The minimum atomic E-state index is -0.250. The highest BCUT2D eigenvalue weighted by Gasteiger charge is 2.47. The molecule has 2 fully saturated rings. The van der Waals surface area contributed by atoms with E-state index in [9.17, 15) is 5.11 Å². The van der Waals surface area contributed by atoms with Gasteiger partial charge in [-0.05, 0) is 49.3 Å². The number of benzene rings is 1. The van der Waals surface area contributed by atoms with Gasteiger partial charge in [-0.1, -0.05) is 36.6 Å². The highest BCUT2D eigenvalue weighted by Crippen LogP contribution is 2.46. The number of aliphatic hydroxyl groups is 1. The zero-order valence-electron chi connectivity index (χ0n) is 11.2. The molecule has 0 saturated heterocycles. The minimum Gasteiger partial charge on any atom is -0.394 e. The summed E-state index contributed by atoms with van der Waals surface area (Å²) in [6, 6.07) is 8.56. The number of halogens is 1. The Morgan fingerprint density at radius 2 is 1.74 bits per heavy atom. The maximum atomic E-state index is 10.1. The summed E-state index contributed by atoms with van der Waals surface area (Å²) in [4.78, 5) is 0. The molecule has 0 heterocycles. The molecule has 2 nitrogen and oxygen atoms in total. The Balaban J connectivity index is 1.88. The van der Waals surface area contributed by atoms with Crippen LogP contribution in [-0.4, -0.2) is 17.8 Å². The highest BCUT2D eigenvalue weighted by molar-refractivity contribution is 6.30. The molecule has 2 aliphatic carbocycles. The van der Waals surface area contributed by atoms with Gasteiger partial charge in [0.2, 0.25) is 0 Å². The predicted octanol–water partition coefficient (Wildman–Crippen LogP) is 3.47. The summed E-state index contributed by atoms with van der Waals surface area (Å²) >= 11 is 5.99. The average molecular weight is 280 g/mol.